The molecule has 14 nitrogen and oxygen atoms in total. The molecule has 2 unspecified atom stereocenters. The average Bonchev–Trinajstić information content (AvgIpc) is 3.74. The van der Waals surface area contributed by atoms with Gasteiger partial charge in [0, 0.05) is 35.1 Å². The molecule has 2 aliphatic heterocycles. The van der Waals surface area contributed by atoms with Gasteiger partial charge in [0.1, 0.15) is 60.6 Å². The Bertz CT molecular complexity index is 2020. The molecule has 2 atom stereocenters. The summed E-state index contributed by atoms with van der Waals surface area (Å²) >= 11 is 0. The van der Waals surface area contributed by atoms with E-state index in [2.05, 4.69) is 0 Å². The molecule has 4 aromatic rings. The van der Waals surface area contributed by atoms with E-state index in [0.717, 1.165) is 11.1 Å². The number of ether oxygens (including phenoxy) is 6. The molecular weight excluding hydrogens is 754 g/mol. The van der Waals surface area contributed by atoms with Gasteiger partial charge < -0.3 is 47.3 Å². The first-order valence-corrected chi connectivity index (χ1v) is 20.9. The zero-order chi connectivity index (χ0) is 39.3. The molecule has 55 heavy (non-hydrogen) atoms. The molecule has 0 fully saturated rings. The molecule has 2 aliphatic rings. The highest BCUT2D eigenvalue weighted by atomic mass is 31.2. The number of carbonyl (C=O) groups is 2. The first-order valence-electron chi connectivity index (χ1n) is 17.4. The van der Waals surface area contributed by atoms with Gasteiger partial charge in [0.15, 0.2) is 5.90 Å². The van der Waals surface area contributed by atoms with Crippen LogP contribution in [0.25, 0.3) is 0 Å². The molecule has 292 valence electrons. The van der Waals surface area contributed by atoms with Crippen LogP contribution >= 0.6 is 15.2 Å². The highest BCUT2D eigenvalue weighted by molar-refractivity contribution is 7.70. The second kappa shape index (κ2) is 17.0. The fourth-order valence-electron chi connectivity index (χ4n) is 6.77. The van der Waals surface area contributed by atoms with Crippen LogP contribution in [0.15, 0.2) is 60.7 Å². The van der Waals surface area contributed by atoms with Crippen molar-refractivity contribution in [3.05, 3.63) is 116 Å². The van der Waals surface area contributed by atoms with Gasteiger partial charge in [-0.2, -0.15) is 0 Å². The lowest BCUT2D eigenvalue weighted by molar-refractivity contribution is 0.0522. The quantitative estimate of drug-likeness (QED) is 0.0778. The van der Waals surface area contributed by atoms with Crippen LogP contribution < -0.4 is 18.9 Å². The topological polar surface area (TPSA) is 183 Å². The van der Waals surface area contributed by atoms with Crippen molar-refractivity contribution in [1.82, 2.24) is 0 Å². The predicted molar refractivity (Wildman–Crippen MR) is 199 cm³/mol. The highest BCUT2D eigenvalue weighted by Crippen LogP contribution is 2.58. The van der Waals surface area contributed by atoms with Crippen molar-refractivity contribution in [2.45, 2.75) is 53.1 Å². The molecule has 0 aromatic heterocycles. The van der Waals surface area contributed by atoms with Gasteiger partial charge in [-0.1, -0.05) is 60.7 Å². The van der Waals surface area contributed by atoms with Crippen molar-refractivity contribution in [2.75, 3.05) is 33.3 Å². The third-order valence-corrected chi connectivity index (χ3v) is 13.4. The number of esters is 2. The Labute approximate surface area is 318 Å². The Hall–Kier alpha value is -4.68. The normalized spacial score (nSPS) is 15.3. The number of fused-ring (bicyclic) bond motifs is 2. The number of methoxy groups -OCH3 is 2. The van der Waals surface area contributed by atoms with Gasteiger partial charge >= 0.3 is 27.1 Å². The summed E-state index contributed by atoms with van der Waals surface area (Å²) in [4.78, 5) is 47.1. The molecule has 2 heterocycles. The first-order chi connectivity index (χ1) is 26.3. The number of hydrogen-bond acceptors (Lipinski definition) is 12. The van der Waals surface area contributed by atoms with E-state index >= 15 is 0 Å². The van der Waals surface area contributed by atoms with Crippen LogP contribution in [0, 0.1) is 13.8 Å². The molecule has 0 amide bonds. The van der Waals surface area contributed by atoms with Crippen LogP contribution in [0.3, 0.4) is 0 Å². The van der Waals surface area contributed by atoms with Gasteiger partial charge in [0.25, 0.3) is 0 Å². The van der Waals surface area contributed by atoms with Crippen molar-refractivity contribution in [2.24, 2.45) is 0 Å². The van der Waals surface area contributed by atoms with Crippen molar-refractivity contribution in [3.8, 4) is 23.0 Å². The van der Waals surface area contributed by atoms with Crippen molar-refractivity contribution in [1.29, 1.82) is 0 Å². The largest absolute Gasteiger partial charge is 0.496 e. The maximum Gasteiger partial charge on any atom is 0.342 e. The minimum Gasteiger partial charge on any atom is -0.496 e. The summed E-state index contributed by atoms with van der Waals surface area (Å²) in [6.07, 6.45) is -0.108. The molecule has 0 radical (unpaired) electrons. The lowest BCUT2D eigenvalue weighted by Gasteiger charge is -2.22. The molecule has 0 aliphatic carbocycles. The summed E-state index contributed by atoms with van der Waals surface area (Å²) in [5.74, 6) is -1.15. The van der Waals surface area contributed by atoms with E-state index in [9.17, 15) is 28.5 Å². The van der Waals surface area contributed by atoms with E-state index in [1.54, 1.807) is 13.8 Å². The highest BCUT2D eigenvalue weighted by Gasteiger charge is 2.37. The second-order valence-electron chi connectivity index (χ2n) is 12.9. The van der Waals surface area contributed by atoms with E-state index in [1.807, 2.05) is 60.7 Å². The van der Waals surface area contributed by atoms with E-state index in [-0.39, 0.29) is 61.9 Å². The van der Waals surface area contributed by atoms with Gasteiger partial charge in [-0.25, -0.2) is 9.59 Å². The van der Waals surface area contributed by atoms with E-state index in [0.29, 0.717) is 44.9 Å². The standard InChI is InChI=1S/C39H42O14P2/c1-24-30-21-50-38(40)32(30)36(48-19-26-11-7-5-8-12-26)28(34(24)46-3)15-17-52-54(42,43)23-55(44,45)53-18-16-29-35(47-4)25(2)31-22-51-39(41)33(31)37(29)49-20-27-13-9-6-10-14-27/h5-14H,15-23H2,1-4H3,(H,42,43)(H,44,45). The van der Waals surface area contributed by atoms with Crippen LogP contribution in [-0.2, 0) is 66.9 Å². The second-order valence-corrected chi connectivity index (χ2v) is 17.1. The summed E-state index contributed by atoms with van der Waals surface area (Å²) in [6.45, 7) is 3.05. The number of rotatable bonds is 18. The molecule has 0 spiro atoms. The van der Waals surface area contributed by atoms with E-state index < -0.39 is 46.2 Å². The molecule has 4 aromatic carbocycles. The third-order valence-electron chi connectivity index (χ3n) is 9.35. The minimum atomic E-state index is -4.72. The predicted octanol–water partition coefficient (Wildman–Crippen LogP) is 6.97. The molecule has 6 rings (SSSR count). The number of carbonyl (C=O) groups excluding carboxylic acids is 2. The van der Waals surface area contributed by atoms with Crippen LogP contribution in [0.5, 0.6) is 23.0 Å². The number of hydrogen-bond donors (Lipinski definition) is 2. The summed E-state index contributed by atoms with van der Waals surface area (Å²) in [7, 11) is -6.54. The minimum absolute atomic E-state index is 0.0416. The summed E-state index contributed by atoms with van der Waals surface area (Å²) in [5, 5.41) is 0. The van der Waals surface area contributed by atoms with Crippen LogP contribution in [-0.4, -0.2) is 55.1 Å². The SMILES string of the molecule is COc1c(C)c2c(c(OCc3ccccc3)c1CCOP(=O)(O)CP(=O)(O)OCCc1c(OC)c(C)c3c(c1OCc1ccccc1)C(=O)OC3)C(=O)OC2. The van der Waals surface area contributed by atoms with Crippen molar-refractivity contribution < 1.29 is 66.0 Å². The van der Waals surface area contributed by atoms with Gasteiger partial charge in [-0.05, 0) is 36.1 Å². The fraction of sp³-hybridized carbons (Fsp3) is 0.333. The zero-order valence-corrected chi connectivity index (χ0v) is 32.6. The Balaban J connectivity index is 1.14. The lowest BCUT2D eigenvalue weighted by Crippen LogP contribution is -2.11. The summed E-state index contributed by atoms with van der Waals surface area (Å²) in [6, 6.07) is 18.6. The van der Waals surface area contributed by atoms with Gasteiger partial charge in [0.2, 0.25) is 0 Å². The average molecular weight is 797 g/mol. The number of cyclic esters (lactones) is 2. The summed E-state index contributed by atoms with van der Waals surface area (Å²) in [5.41, 5.74) is 5.49. The molecular formula is C39H42O14P2. The van der Waals surface area contributed by atoms with E-state index in [4.69, 9.17) is 37.5 Å². The van der Waals surface area contributed by atoms with Crippen LogP contribution in [0.4, 0.5) is 0 Å². The van der Waals surface area contributed by atoms with E-state index in [1.165, 1.54) is 14.2 Å². The van der Waals surface area contributed by atoms with Crippen LogP contribution in [0.1, 0.15) is 65.2 Å². The summed E-state index contributed by atoms with van der Waals surface area (Å²) < 4.78 is 71.3. The van der Waals surface area contributed by atoms with Gasteiger partial charge in [-0.3, -0.25) is 9.13 Å². The third kappa shape index (κ3) is 8.91. The molecule has 16 heteroatoms. The molecule has 2 N–H and O–H groups in total. The first kappa shape index (κ1) is 40.0. The van der Waals surface area contributed by atoms with Gasteiger partial charge in [0.05, 0.1) is 27.4 Å². The Morgan fingerprint density at radius 1 is 0.618 bits per heavy atom. The Morgan fingerprint density at radius 3 is 1.36 bits per heavy atom. The number of benzene rings is 4. The van der Waals surface area contributed by atoms with Crippen molar-refractivity contribution >= 4 is 27.1 Å². The smallest absolute Gasteiger partial charge is 0.342 e. The van der Waals surface area contributed by atoms with Crippen molar-refractivity contribution in [3.63, 3.8) is 0 Å². The van der Waals surface area contributed by atoms with Crippen LogP contribution in [0.2, 0.25) is 0 Å². The molecule has 0 saturated heterocycles. The maximum atomic E-state index is 13.2. The molecule has 0 saturated carbocycles. The fourth-order valence-corrected chi connectivity index (χ4v) is 9.98. The molecule has 0 bridgehead atoms. The Kier molecular flexibility index (Phi) is 12.4. The van der Waals surface area contributed by atoms with Gasteiger partial charge in [-0.15, -0.1) is 0 Å². The monoisotopic (exact) mass is 796 g/mol. The lowest BCUT2D eigenvalue weighted by atomic mass is 9.95. The zero-order valence-electron chi connectivity index (χ0n) is 30.8. The maximum absolute atomic E-state index is 13.2. The Morgan fingerprint density at radius 2 is 1.00 bits per heavy atom.